The molecule has 1 fully saturated rings. The van der Waals surface area contributed by atoms with Crippen LogP contribution in [0.25, 0.3) is 0 Å². The summed E-state index contributed by atoms with van der Waals surface area (Å²) in [7, 11) is -0.0764. The summed E-state index contributed by atoms with van der Waals surface area (Å²) in [6.07, 6.45) is 0.444. The molecule has 0 aromatic heterocycles. The molecule has 138 valence electrons. The summed E-state index contributed by atoms with van der Waals surface area (Å²) >= 11 is 0. The van der Waals surface area contributed by atoms with Crippen LogP contribution in [-0.4, -0.2) is 52.6 Å². The highest BCUT2D eigenvalue weighted by atomic mass is 32.2. The molecule has 1 aromatic carbocycles. The Morgan fingerprint density at radius 2 is 2.00 bits per heavy atom. The Balaban J connectivity index is 1.83. The van der Waals surface area contributed by atoms with E-state index in [2.05, 4.69) is 5.32 Å². The zero-order valence-electron chi connectivity index (χ0n) is 14.1. The zero-order valence-corrected chi connectivity index (χ0v) is 14.9. The number of benzene rings is 1. The molecule has 0 saturated carbocycles. The monoisotopic (exact) mass is 371 g/mol. The van der Waals surface area contributed by atoms with Crippen molar-refractivity contribution in [2.45, 2.75) is 12.8 Å². The SMILES string of the molecule is COc1ccc(OC)c(NC(=O)COC(=O)C[C@@H]2CCS(=O)(=O)C2)c1. The van der Waals surface area contributed by atoms with Crippen LogP contribution in [0.2, 0.25) is 0 Å². The number of sulfone groups is 1. The Kier molecular flexibility index (Phi) is 6.24. The first-order chi connectivity index (χ1) is 11.8. The van der Waals surface area contributed by atoms with Crippen LogP contribution >= 0.6 is 0 Å². The minimum atomic E-state index is -3.04. The number of hydrogen-bond acceptors (Lipinski definition) is 7. The van der Waals surface area contributed by atoms with Crippen LogP contribution in [0, 0.1) is 5.92 Å². The van der Waals surface area contributed by atoms with Gasteiger partial charge in [-0.3, -0.25) is 9.59 Å². The normalized spacial score (nSPS) is 18.4. The molecule has 1 aliphatic heterocycles. The topological polar surface area (TPSA) is 108 Å². The van der Waals surface area contributed by atoms with Gasteiger partial charge in [0.1, 0.15) is 11.5 Å². The van der Waals surface area contributed by atoms with Gasteiger partial charge in [-0.25, -0.2) is 8.42 Å². The number of hydrogen-bond donors (Lipinski definition) is 1. The highest BCUT2D eigenvalue weighted by molar-refractivity contribution is 7.91. The standard InChI is InChI=1S/C16H21NO7S/c1-22-12-3-4-14(23-2)13(8-12)17-15(18)9-24-16(19)7-11-5-6-25(20,21)10-11/h3-4,8,11H,5-7,9-10H2,1-2H3,(H,17,18)/t11-/m0/s1. The summed E-state index contributed by atoms with van der Waals surface area (Å²) in [4.78, 5) is 23.7. The maximum Gasteiger partial charge on any atom is 0.306 e. The molecule has 0 bridgehead atoms. The molecular weight excluding hydrogens is 350 g/mol. The molecule has 1 heterocycles. The minimum Gasteiger partial charge on any atom is -0.497 e. The van der Waals surface area contributed by atoms with Gasteiger partial charge in [-0.05, 0) is 24.5 Å². The van der Waals surface area contributed by atoms with Crippen LogP contribution in [0.5, 0.6) is 11.5 Å². The molecule has 1 N–H and O–H groups in total. The van der Waals surface area contributed by atoms with Crippen molar-refractivity contribution in [2.75, 3.05) is 37.6 Å². The van der Waals surface area contributed by atoms with E-state index in [4.69, 9.17) is 14.2 Å². The molecule has 0 aliphatic carbocycles. The van der Waals surface area contributed by atoms with Crippen LogP contribution in [0.4, 0.5) is 5.69 Å². The van der Waals surface area contributed by atoms with Crippen molar-refractivity contribution < 1.29 is 32.2 Å². The fourth-order valence-corrected chi connectivity index (χ4v) is 4.43. The smallest absolute Gasteiger partial charge is 0.306 e. The number of carbonyl (C=O) groups excluding carboxylic acids is 2. The first-order valence-electron chi connectivity index (χ1n) is 7.71. The van der Waals surface area contributed by atoms with E-state index in [1.54, 1.807) is 18.2 Å². The zero-order chi connectivity index (χ0) is 18.4. The van der Waals surface area contributed by atoms with Crippen LogP contribution in [0.15, 0.2) is 18.2 Å². The number of rotatable bonds is 7. The van der Waals surface area contributed by atoms with Gasteiger partial charge in [0, 0.05) is 12.5 Å². The van der Waals surface area contributed by atoms with Crippen LogP contribution < -0.4 is 14.8 Å². The second kappa shape index (κ2) is 8.19. The summed E-state index contributed by atoms with van der Waals surface area (Å²) in [6, 6.07) is 4.91. The molecule has 1 amide bonds. The van der Waals surface area contributed by atoms with Gasteiger partial charge in [0.05, 0.1) is 31.4 Å². The first kappa shape index (κ1) is 19.0. The minimum absolute atomic E-state index is 0.00466. The molecule has 1 saturated heterocycles. The molecule has 25 heavy (non-hydrogen) atoms. The molecule has 8 nitrogen and oxygen atoms in total. The third kappa shape index (κ3) is 5.63. The predicted molar refractivity (Wildman–Crippen MR) is 90.5 cm³/mol. The number of nitrogens with one attached hydrogen (secondary N) is 1. The quantitative estimate of drug-likeness (QED) is 0.713. The van der Waals surface area contributed by atoms with Crippen molar-refractivity contribution in [3.63, 3.8) is 0 Å². The fraction of sp³-hybridized carbons (Fsp3) is 0.500. The van der Waals surface area contributed by atoms with E-state index in [0.29, 0.717) is 23.6 Å². The lowest BCUT2D eigenvalue weighted by Gasteiger charge is -2.12. The van der Waals surface area contributed by atoms with Crippen LogP contribution in [-0.2, 0) is 24.2 Å². The second-order valence-corrected chi connectivity index (χ2v) is 7.98. The second-order valence-electron chi connectivity index (χ2n) is 5.75. The molecule has 0 unspecified atom stereocenters. The van der Waals surface area contributed by atoms with E-state index in [1.165, 1.54) is 14.2 Å². The van der Waals surface area contributed by atoms with Gasteiger partial charge in [-0.15, -0.1) is 0 Å². The summed E-state index contributed by atoms with van der Waals surface area (Å²) in [6.45, 7) is -0.460. The Labute approximate surface area is 146 Å². The van der Waals surface area contributed by atoms with E-state index in [1.807, 2.05) is 0 Å². The van der Waals surface area contributed by atoms with Crippen molar-refractivity contribution in [2.24, 2.45) is 5.92 Å². The molecule has 1 aliphatic rings. The van der Waals surface area contributed by atoms with Gasteiger partial charge in [0.2, 0.25) is 0 Å². The number of esters is 1. The summed E-state index contributed by atoms with van der Waals surface area (Å²) in [5.74, 6) is -0.281. The van der Waals surface area contributed by atoms with E-state index in [-0.39, 0.29) is 23.8 Å². The molecule has 0 radical (unpaired) electrons. The fourth-order valence-electron chi connectivity index (χ4n) is 2.57. The van der Waals surface area contributed by atoms with E-state index in [0.717, 1.165) is 0 Å². The summed E-state index contributed by atoms with van der Waals surface area (Å²) < 4.78 is 37.9. The van der Waals surface area contributed by atoms with Crippen LogP contribution in [0.1, 0.15) is 12.8 Å². The van der Waals surface area contributed by atoms with Gasteiger partial charge in [0.15, 0.2) is 16.4 Å². The number of ether oxygens (including phenoxy) is 3. The molecule has 1 aromatic rings. The number of amides is 1. The van der Waals surface area contributed by atoms with Gasteiger partial charge >= 0.3 is 5.97 Å². The number of carbonyl (C=O) groups is 2. The van der Waals surface area contributed by atoms with Gasteiger partial charge in [-0.1, -0.05) is 0 Å². The Hall–Kier alpha value is -2.29. The largest absolute Gasteiger partial charge is 0.497 e. The average molecular weight is 371 g/mol. The molecule has 9 heteroatoms. The molecule has 0 spiro atoms. The predicted octanol–water partition coefficient (Wildman–Crippen LogP) is 1.01. The summed E-state index contributed by atoms with van der Waals surface area (Å²) in [5.41, 5.74) is 0.393. The van der Waals surface area contributed by atoms with Crippen molar-refractivity contribution in [1.82, 2.24) is 0 Å². The van der Waals surface area contributed by atoms with E-state index in [9.17, 15) is 18.0 Å². The lowest BCUT2D eigenvalue weighted by atomic mass is 10.1. The Bertz CT molecular complexity index is 745. The Morgan fingerprint density at radius 3 is 2.60 bits per heavy atom. The first-order valence-corrected chi connectivity index (χ1v) is 9.53. The van der Waals surface area contributed by atoms with Crippen molar-refractivity contribution >= 4 is 27.4 Å². The molecule has 1 atom stereocenters. The number of methoxy groups -OCH3 is 2. The van der Waals surface area contributed by atoms with Crippen molar-refractivity contribution in [1.29, 1.82) is 0 Å². The van der Waals surface area contributed by atoms with Gasteiger partial charge in [-0.2, -0.15) is 0 Å². The van der Waals surface area contributed by atoms with E-state index < -0.39 is 28.3 Å². The number of anilines is 1. The third-order valence-electron chi connectivity index (χ3n) is 3.83. The lowest BCUT2D eigenvalue weighted by molar-refractivity contribution is -0.148. The van der Waals surface area contributed by atoms with Crippen molar-refractivity contribution in [3.8, 4) is 11.5 Å². The van der Waals surface area contributed by atoms with Gasteiger partial charge in [0.25, 0.3) is 5.91 Å². The van der Waals surface area contributed by atoms with Gasteiger partial charge < -0.3 is 19.5 Å². The third-order valence-corrected chi connectivity index (χ3v) is 5.66. The highest BCUT2D eigenvalue weighted by Crippen LogP contribution is 2.28. The lowest BCUT2D eigenvalue weighted by Crippen LogP contribution is -2.22. The molecule has 2 rings (SSSR count). The van der Waals surface area contributed by atoms with Crippen molar-refractivity contribution in [3.05, 3.63) is 18.2 Å². The summed E-state index contributed by atoms with van der Waals surface area (Å²) in [5, 5.41) is 2.58. The Morgan fingerprint density at radius 1 is 1.24 bits per heavy atom. The average Bonchev–Trinajstić information content (AvgIpc) is 2.91. The maximum atomic E-state index is 11.9. The van der Waals surface area contributed by atoms with Crippen LogP contribution in [0.3, 0.4) is 0 Å². The molecular formula is C16H21NO7S. The highest BCUT2D eigenvalue weighted by Gasteiger charge is 2.30. The van der Waals surface area contributed by atoms with E-state index >= 15 is 0 Å². The maximum absolute atomic E-state index is 11.9.